The lowest BCUT2D eigenvalue weighted by Crippen LogP contribution is -2.45. The average Bonchev–Trinajstić information content (AvgIpc) is 3.27. The average molecular weight is 452 g/mol. The molecule has 8 nitrogen and oxygen atoms in total. The quantitative estimate of drug-likeness (QED) is 0.642. The molecule has 5 rings (SSSR count). The second-order valence-electron chi connectivity index (χ2n) is 9.23. The molecule has 2 saturated heterocycles. The Bertz CT molecular complexity index is 997. The van der Waals surface area contributed by atoms with Crippen molar-refractivity contribution >= 4 is 23.7 Å². The number of likely N-dealkylation sites (N-methyl/N-ethyl adjacent to an activating group) is 1. The van der Waals surface area contributed by atoms with Gasteiger partial charge in [0.2, 0.25) is 11.9 Å². The highest BCUT2D eigenvalue weighted by Gasteiger charge is 2.55. The molecule has 2 aromatic rings. The zero-order valence-corrected chi connectivity index (χ0v) is 18.9. The third-order valence-corrected chi connectivity index (χ3v) is 7.06. The molecule has 3 fully saturated rings. The summed E-state index contributed by atoms with van der Waals surface area (Å²) in [6, 6.07) is 3.75. The molecule has 0 bridgehead atoms. The lowest BCUT2D eigenvalue weighted by atomic mass is 10.2. The predicted molar refractivity (Wildman–Crippen MR) is 125 cm³/mol. The van der Waals surface area contributed by atoms with E-state index in [4.69, 9.17) is 0 Å². The smallest absolute Gasteiger partial charge is 0.244 e. The Morgan fingerprint density at radius 1 is 1.18 bits per heavy atom. The van der Waals surface area contributed by atoms with Gasteiger partial charge in [0.25, 0.3) is 0 Å². The van der Waals surface area contributed by atoms with E-state index in [9.17, 15) is 9.18 Å². The fourth-order valence-corrected chi connectivity index (χ4v) is 5.05. The molecule has 0 radical (unpaired) electrons. The van der Waals surface area contributed by atoms with Crippen molar-refractivity contribution in [1.29, 1.82) is 0 Å². The SMILES string of the molecule is CN1CCN(c2ncc(F)c(N3C[C@@H]4C(CCNC(=O)/C=C/c5cccnc5)[C@@H]4C3)n2)CC1. The van der Waals surface area contributed by atoms with Gasteiger partial charge >= 0.3 is 0 Å². The first kappa shape index (κ1) is 21.8. The summed E-state index contributed by atoms with van der Waals surface area (Å²) in [6.07, 6.45) is 8.99. The third-order valence-electron chi connectivity index (χ3n) is 7.06. The van der Waals surface area contributed by atoms with Crippen LogP contribution in [0.4, 0.5) is 16.2 Å². The van der Waals surface area contributed by atoms with Crippen LogP contribution in [0.2, 0.25) is 0 Å². The second kappa shape index (κ2) is 9.43. The van der Waals surface area contributed by atoms with Gasteiger partial charge in [0, 0.05) is 64.3 Å². The summed E-state index contributed by atoms with van der Waals surface area (Å²) in [5.74, 6) is 2.30. The van der Waals surface area contributed by atoms with E-state index in [1.165, 1.54) is 6.20 Å². The first-order valence-electron chi connectivity index (χ1n) is 11.7. The van der Waals surface area contributed by atoms with Gasteiger partial charge < -0.3 is 20.0 Å². The Balaban J connectivity index is 1.08. The highest BCUT2D eigenvalue weighted by molar-refractivity contribution is 5.91. The predicted octanol–water partition coefficient (Wildman–Crippen LogP) is 1.66. The van der Waals surface area contributed by atoms with Crippen molar-refractivity contribution in [2.24, 2.45) is 17.8 Å². The van der Waals surface area contributed by atoms with E-state index >= 15 is 0 Å². The number of aromatic nitrogens is 3. The van der Waals surface area contributed by atoms with E-state index in [1.807, 2.05) is 12.1 Å². The Morgan fingerprint density at radius 3 is 2.70 bits per heavy atom. The minimum absolute atomic E-state index is 0.0919. The van der Waals surface area contributed by atoms with E-state index < -0.39 is 0 Å². The number of nitrogens with one attached hydrogen (secondary N) is 1. The minimum Gasteiger partial charge on any atom is -0.353 e. The lowest BCUT2D eigenvalue weighted by Gasteiger charge is -2.33. The fourth-order valence-electron chi connectivity index (χ4n) is 5.05. The number of hydrogen-bond donors (Lipinski definition) is 1. The van der Waals surface area contributed by atoms with Crippen molar-refractivity contribution in [1.82, 2.24) is 25.2 Å². The van der Waals surface area contributed by atoms with Crippen molar-refractivity contribution in [3.63, 3.8) is 0 Å². The number of amides is 1. The summed E-state index contributed by atoms with van der Waals surface area (Å²) < 4.78 is 14.5. The Kier molecular flexibility index (Phi) is 6.22. The summed E-state index contributed by atoms with van der Waals surface area (Å²) in [6.45, 7) is 5.93. The number of anilines is 2. The molecule has 1 saturated carbocycles. The van der Waals surface area contributed by atoms with Crippen molar-refractivity contribution in [3.05, 3.63) is 48.2 Å². The van der Waals surface area contributed by atoms with Crippen molar-refractivity contribution in [2.45, 2.75) is 6.42 Å². The van der Waals surface area contributed by atoms with Crippen molar-refractivity contribution in [2.75, 3.05) is 62.7 Å². The fraction of sp³-hybridized carbons (Fsp3) is 0.500. The van der Waals surface area contributed by atoms with Crippen LogP contribution in [0.1, 0.15) is 12.0 Å². The zero-order valence-electron chi connectivity index (χ0n) is 18.9. The molecule has 2 aromatic heterocycles. The topological polar surface area (TPSA) is 77.5 Å². The summed E-state index contributed by atoms with van der Waals surface area (Å²) in [5.41, 5.74) is 0.900. The van der Waals surface area contributed by atoms with Crippen molar-refractivity contribution in [3.8, 4) is 0 Å². The molecule has 2 aliphatic heterocycles. The highest BCUT2D eigenvalue weighted by atomic mass is 19.1. The van der Waals surface area contributed by atoms with E-state index in [0.29, 0.717) is 36.1 Å². The summed E-state index contributed by atoms with van der Waals surface area (Å²) in [4.78, 5) is 31.4. The van der Waals surface area contributed by atoms with Crippen LogP contribution in [-0.4, -0.2) is 78.6 Å². The number of hydrogen-bond acceptors (Lipinski definition) is 7. The molecule has 33 heavy (non-hydrogen) atoms. The molecule has 0 aromatic carbocycles. The van der Waals surface area contributed by atoms with Crippen molar-refractivity contribution < 1.29 is 9.18 Å². The Hall–Kier alpha value is -3.07. The van der Waals surface area contributed by atoms with Crippen LogP contribution in [0.5, 0.6) is 0 Å². The van der Waals surface area contributed by atoms with Crippen LogP contribution in [0.25, 0.3) is 6.08 Å². The van der Waals surface area contributed by atoms with Gasteiger partial charge in [-0.15, -0.1) is 0 Å². The molecule has 9 heteroatoms. The number of nitrogens with zero attached hydrogens (tertiary/aromatic N) is 6. The zero-order chi connectivity index (χ0) is 22.8. The van der Waals surface area contributed by atoms with Crippen LogP contribution in [0.3, 0.4) is 0 Å². The first-order chi connectivity index (χ1) is 16.1. The van der Waals surface area contributed by atoms with Crippen LogP contribution >= 0.6 is 0 Å². The number of rotatable bonds is 7. The molecular formula is C24H30FN7O. The summed E-state index contributed by atoms with van der Waals surface area (Å²) in [5, 5.41) is 2.96. The number of fused-ring (bicyclic) bond motifs is 1. The van der Waals surface area contributed by atoms with E-state index in [1.54, 1.807) is 24.5 Å². The number of carbonyl (C=O) groups excluding carboxylic acids is 1. The maximum absolute atomic E-state index is 14.5. The molecular weight excluding hydrogens is 421 g/mol. The highest BCUT2D eigenvalue weighted by Crippen LogP contribution is 2.54. The van der Waals surface area contributed by atoms with Crippen LogP contribution < -0.4 is 15.1 Å². The Morgan fingerprint density at radius 2 is 1.97 bits per heavy atom. The first-order valence-corrected chi connectivity index (χ1v) is 11.7. The third kappa shape index (κ3) is 4.98. The van der Waals surface area contributed by atoms with Crippen LogP contribution in [0, 0.1) is 23.6 Å². The molecule has 3 atom stereocenters. The van der Waals surface area contributed by atoms with E-state index in [-0.39, 0.29) is 11.7 Å². The van der Waals surface area contributed by atoms with Gasteiger partial charge in [-0.3, -0.25) is 9.78 Å². The number of halogens is 1. The number of carbonyl (C=O) groups is 1. The number of piperazine rings is 1. The number of piperidine rings is 1. The van der Waals surface area contributed by atoms with E-state index in [0.717, 1.165) is 51.3 Å². The molecule has 1 amide bonds. The van der Waals surface area contributed by atoms with Crippen LogP contribution in [-0.2, 0) is 4.79 Å². The van der Waals surface area contributed by atoms with Gasteiger partial charge in [-0.1, -0.05) is 6.07 Å². The Labute approximate surface area is 193 Å². The molecule has 3 aliphatic rings. The molecule has 1 aliphatic carbocycles. The van der Waals surface area contributed by atoms with E-state index in [2.05, 4.69) is 42.0 Å². The van der Waals surface area contributed by atoms with Crippen LogP contribution in [0.15, 0.2) is 36.8 Å². The van der Waals surface area contributed by atoms with Gasteiger partial charge in [-0.25, -0.2) is 9.37 Å². The van der Waals surface area contributed by atoms with Gasteiger partial charge in [0.15, 0.2) is 11.6 Å². The maximum atomic E-state index is 14.5. The largest absolute Gasteiger partial charge is 0.353 e. The monoisotopic (exact) mass is 451 g/mol. The van der Waals surface area contributed by atoms with Gasteiger partial charge in [0.05, 0.1) is 6.20 Å². The second-order valence-corrected chi connectivity index (χ2v) is 9.23. The van der Waals surface area contributed by atoms with Gasteiger partial charge in [-0.2, -0.15) is 4.98 Å². The normalized spacial score (nSPS) is 24.8. The maximum Gasteiger partial charge on any atom is 0.244 e. The molecule has 0 spiro atoms. The van der Waals surface area contributed by atoms with Gasteiger partial charge in [-0.05, 0) is 48.9 Å². The standard InChI is InChI=1S/C24H30FN7O/c1-30-9-11-31(12-10-30)24-28-14-21(25)23(29-24)32-15-19-18(20(19)16-32)6-8-27-22(33)5-4-17-3-2-7-26-13-17/h2-5,7,13-14,18-20H,6,8-12,15-16H2,1H3,(H,27,33)/b5-4+/t18?,19-,20+. The minimum atomic E-state index is -0.349. The molecule has 1 N–H and O–H groups in total. The number of pyridine rings is 1. The molecule has 4 heterocycles. The lowest BCUT2D eigenvalue weighted by molar-refractivity contribution is -0.116. The summed E-state index contributed by atoms with van der Waals surface area (Å²) >= 11 is 0. The summed E-state index contributed by atoms with van der Waals surface area (Å²) in [7, 11) is 2.10. The van der Waals surface area contributed by atoms with Gasteiger partial charge in [0.1, 0.15) is 0 Å². The molecule has 174 valence electrons. The molecule has 1 unspecified atom stereocenters.